The Morgan fingerprint density at radius 1 is 1.63 bits per heavy atom. The third-order valence-corrected chi connectivity index (χ3v) is 3.10. The molecule has 1 unspecified atom stereocenters. The van der Waals surface area contributed by atoms with E-state index in [0.717, 1.165) is 6.42 Å². The van der Waals surface area contributed by atoms with Crippen molar-refractivity contribution in [1.82, 2.24) is 15.3 Å². The molecule has 0 aliphatic carbocycles. The summed E-state index contributed by atoms with van der Waals surface area (Å²) in [5, 5.41) is 3.24. The standard InChI is InChI=1S/C12H17ClN4O2/c1-2-3-14-12(18)9-7-19-5-4-17(9)11-6-10(13)15-8-16-11/h6,8-9H,2-5,7H2,1H3,(H,14,18). The van der Waals surface area contributed by atoms with Gasteiger partial charge in [0.25, 0.3) is 0 Å². The number of morpholine rings is 1. The highest BCUT2D eigenvalue weighted by molar-refractivity contribution is 6.29. The number of nitrogens with one attached hydrogen (secondary N) is 1. The summed E-state index contributed by atoms with van der Waals surface area (Å²) in [4.78, 5) is 22.0. The Balaban J connectivity index is 2.13. The van der Waals surface area contributed by atoms with E-state index < -0.39 is 0 Å². The maximum atomic E-state index is 12.1. The number of aromatic nitrogens is 2. The van der Waals surface area contributed by atoms with E-state index in [0.29, 0.717) is 37.3 Å². The van der Waals surface area contributed by atoms with Gasteiger partial charge in [0.05, 0.1) is 13.2 Å². The average molecular weight is 285 g/mol. The highest BCUT2D eigenvalue weighted by atomic mass is 35.5. The molecule has 1 aliphatic rings. The van der Waals surface area contributed by atoms with Crippen molar-refractivity contribution in [3.05, 3.63) is 17.5 Å². The van der Waals surface area contributed by atoms with Gasteiger partial charge in [-0.05, 0) is 6.42 Å². The highest BCUT2D eigenvalue weighted by Gasteiger charge is 2.30. The summed E-state index contributed by atoms with van der Waals surface area (Å²) in [5.41, 5.74) is 0. The van der Waals surface area contributed by atoms with E-state index in [2.05, 4.69) is 15.3 Å². The minimum absolute atomic E-state index is 0.0451. The topological polar surface area (TPSA) is 67.3 Å². The first-order chi connectivity index (χ1) is 9.22. The Hall–Kier alpha value is -1.40. The molecule has 6 nitrogen and oxygen atoms in total. The van der Waals surface area contributed by atoms with E-state index in [1.165, 1.54) is 6.33 Å². The maximum absolute atomic E-state index is 12.1. The van der Waals surface area contributed by atoms with Gasteiger partial charge in [0.1, 0.15) is 23.3 Å². The molecule has 0 aromatic carbocycles. The van der Waals surface area contributed by atoms with Gasteiger partial charge in [-0.25, -0.2) is 9.97 Å². The SMILES string of the molecule is CCCNC(=O)C1COCCN1c1cc(Cl)ncn1. The molecule has 0 bridgehead atoms. The summed E-state index contributed by atoms with van der Waals surface area (Å²) in [5.74, 6) is 0.608. The zero-order valence-electron chi connectivity index (χ0n) is 10.8. The van der Waals surface area contributed by atoms with Gasteiger partial charge in [-0.1, -0.05) is 18.5 Å². The smallest absolute Gasteiger partial charge is 0.245 e. The van der Waals surface area contributed by atoms with Crippen LogP contribution in [-0.2, 0) is 9.53 Å². The zero-order valence-corrected chi connectivity index (χ0v) is 11.6. The van der Waals surface area contributed by atoms with Crippen molar-refractivity contribution in [1.29, 1.82) is 0 Å². The molecule has 19 heavy (non-hydrogen) atoms. The fourth-order valence-corrected chi connectivity index (χ4v) is 2.08. The average Bonchev–Trinajstić information content (AvgIpc) is 2.45. The second-order valence-corrected chi connectivity index (χ2v) is 4.66. The van der Waals surface area contributed by atoms with Crippen molar-refractivity contribution < 1.29 is 9.53 Å². The predicted molar refractivity (Wildman–Crippen MR) is 72.3 cm³/mol. The van der Waals surface area contributed by atoms with Crippen LogP contribution in [0.25, 0.3) is 0 Å². The number of amides is 1. The summed E-state index contributed by atoms with van der Waals surface area (Å²) < 4.78 is 5.39. The van der Waals surface area contributed by atoms with E-state index >= 15 is 0 Å². The van der Waals surface area contributed by atoms with Crippen LogP contribution in [0.5, 0.6) is 0 Å². The molecule has 1 saturated heterocycles. The lowest BCUT2D eigenvalue weighted by Gasteiger charge is -2.35. The van der Waals surface area contributed by atoms with Crippen molar-refractivity contribution in [3.8, 4) is 0 Å². The lowest BCUT2D eigenvalue weighted by atomic mass is 10.2. The number of carbonyl (C=O) groups is 1. The van der Waals surface area contributed by atoms with Crippen molar-refractivity contribution >= 4 is 23.3 Å². The Kier molecular flexibility index (Phi) is 4.93. The zero-order chi connectivity index (χ0) is 13.7. The van der Waals surface area contributed by atoms with Gasteiger partial charge in [0.2, 0.25) is 5.91 Å². The molecule has 2 rings (SSSR count). The molecule has 1 atom stereocenters. The second kappa shape index (κ2) is 6.68. The monoisotopic (exact) mass is 284 g/mol. The van der Waals surface area contributed by atoms with Crippen molar-refractivity contribution in [2.45, 2.75) is 19.4 Å². The maximum Gasteiger partial charge on any atom is 0.245 e. The first kappa shape index (κ1) is 14.0. The van der Waals surface area contributed by atoms with Crippen LogP contribution in [0.3, 0.4) is 0 Å². The van der Waals surface area contributed by atoms with E-state index in [1.807, 2.05) is 11.8 Å². The normalized spacial score (nSPS) is 19.3. The number of halogens is 1. The van der Waals surface area contributed by atoms with Crippen LogP contribution in [0, 0.1) is 0 Å². The van der Waals surface area contributed by atoms with Crippen LogP contribution < -0.4 is 10.2 Å². The molecule has 1 aromatic heterocycles. The molecular formula is C12H17ClN4O2. The minimum atomic E-state index is -0.369. The largest absolute Gasteiger partial charge is 0.377 e. The van der Waals surface area contributed by atoms with Crippen LogP contribution in [0.2, 0.25) is 5.15 Å². The molecule has 0 spiro atoms. The molecule has 2 heterocycles. The van der Waals surface area contributed by atoms with Gasteiger partial charge in [-0.2, -0.15) is 0 Å². The second-order valence-electron chi connectivity index (χ2n) is 4.27. The van der Waals surface area contributed by atoms with E-state index in [-0.39, 0.29) is 11.9 Å². The molecule has 1 aliphatic heterocycles. The van der Waals surface area contributed by atoms with E-state index in [4.69, 9.17) is 16.3 Å². The quantitative estimate of drug-likeness (QED) is 0.831. The number of hydrogen-bond donors (Lipinski definition) is 1. The Morgan fingerprint density at radius 2 is 2.47 bits per heavy atom. The Morgan fingerprint density at radius 3 is 3.21 bits per heavy atom. The molecule has 7 heteroatoms. The first-order valence-corrected chi connectivity index (χ1v) is 6.69. The van der Waals surface area contributed by atoms with E-state index in [1.54, 1.807) is 6.07 Å². The third kappa shape index (κ3) is 3.54. The number of ether oxygens (including phenoxy) is 1. The molecule has 1 N–H and O–H groups in total. The molecular weight excluding hydrogens is 268 g/mol. The number of anilines is 1. The lowest BCUT2D eigenvalue weighted by molar-refractivity contribution is -0.124. The van der Waals surface area contributed by atoms with Crippen LogP contribution in [-0.4, -0.2) is 48.2 Å². The minimum Gasteiger partial charge on any atom is -0.377 e. The third-order valence-electron chi connectivity index (χ3n) is 2.89. The van der Waals surface area contributed by atoms with Crippen LogP contribution in [0.1, 0.15) is 13.3 Å². The van der Waals surface area contributed by atoms with Crippen molar-refractivity contribution in [2.24, 2.45) is 0 Å². The molecule has 0 saturated carbocycles. The molecule has 0 radical (unpaired) electrons. The fraction of sp³-hybridized carbons (Fsp3) is 0.583. The summed E-state index contributed by atoms with van der Waals surface area (Å²) in [6.07, 6.45) is 2.30. The van der Waals surface area contributed by atoms with Gasteiger partial charge < -0.3 is 15.0 Å². The fourth-order valence-electron chi connectivity index (χ4n) is 1.94. The molecule has 104 valence electrons. The van der Waals surface area contributed by atoms with Crippen molar-refractivity contribution in [2.75, 3.05) is 31.2 Å². The number of nitrogens with zero attached hydrogens (tertiary/aromatic N) is 3. The van der Waals surface area contributed by atoms with Gasteiger partial charge in [0.15, 0.2) is 0 Å². The molecule has 1 amide bonds. The van der Waals surface area contributed by atoms with Crippen LogP contribution in [0.4, 0.5) is 5.82 Å². The van der Waals surface area contributed by atoms with E-state index in [9.17, 15) is 4.79 Å². The van der Waals surface area contributed by atoms with Gasteiger partial charge in [0, 0.05) is 19.2 Å². The summed E-state index contributed by atoms with van der Waals surface area (Å²) in [6.45, 7) is 4.21. The Labute approximate surface area is 117 Å². The Bertz CT molecular complexity index is 443. The molecule has 1 aromatic rings. The van der Waals surface area contributed by atoms with Gasteiger partial charge in [-0.15, -0.1) is 0 Å². The predicted octanol–water partition coefficient (Wildman–Crippen LogP) is 0.861. The first-order valence-electron chi connectivity index (χ1n) is 6.32. The van der Waals surface area contributed by atoms with Crippen molar-refractivity contribution in [3.63, 3.8) is 0 Å². The lowest BCUT2D eigenvalue weighted by Crippen LogP contribution is -2.54. The van der Waals surface area contributed by atoms with Gasteiger partial charge in [-0.3, -0.25) is 4.79 Å². The van der Waals surface area contributed by atoms with Gasteiger partial charge >= 0.3 is 0 Å². The van der Waals surface area contributed by atoms with Crippen LogP contribution in [0.15, 0.2) is 12.4 Å². The molecule has 1 fully saturated rings. The number of hydrogen-bond acceptors (Lipinski definition) is 5. The summed E-state index contributed by atoms with van der Waals surface area (Å²) in [7, 11) is 0. The number of carbonyl (C=O) groups excluding carboxylic acids is 1. The highest BCUT2D eigenvalue weighted by Crippen LogP contribution is 2.19. The number of rotatable bonds is 4. The summed E-state index contributed by atoms with van der Waals surface area (Å²) in [6, 6.07) is 1.29. The summed E-state index contributed by atoms with van der Waals surface area (Å²) >= 11 is 5.87. The van der Waals surface area contributed by atoms with Crippen LogP contribution >= 0.6 is 11.6 Å².